The fourth-order valence-electron chi connectivity index (χ4n) is 2.74. The number of ether oxygens (including phenoxy) is 1. The molecule has 0 aliphatic rings. The smallest absolute Gasteiger partial charge is 0.246 e. The van der Waals surface area contributed by atoms with E-state index in [4.69, 9.17) is 4.74 Å². The van der Waals surface area contributed by atoms with Crippen LogP contribution in [0.5, 0.6) is 5.75 Å². The molecule has 0 aliphatic heterocycles. The van der Waals surface area contributed by atoms with Gasteiger partial charge in [0.2, 0.25) is 5.91 Å². The first-order chi connectivity index (χ1) is 13.1. The van der Waals surface area contributed by atoms with Crippen molar-refractivity contribution in [3.05, 3.63) is 78.4 Å². The minimum Gasteiger partial charge on any atom is -0.496 e. The fourth-order valence-corrected chi connectivity index (χ4v) is 2.74. The molecule has 0 fully saturated rings. The number of aromatic nitrogens is 3. The molecule has 1 atom stereocenters. The lowest BCUT2D eigenvalue weighted by Gasteiger charge is -2.24. The molecule has 3 rings (SSSR count). The molecule has 0 spiro atoms. The van der Waals surface area contributed by atoms with Crippen LogP contribution in [0.15, 0.2) is 67.3 Å². The fraction of sp³-hybridized carbons (Fsp3) is 0.190. The first kappa shape index (κ1) is 18.4. The van der Waals surface area contributed by atoms with Crippen molar-refractivity contribution in [2.75, 3.05) is 14.2 Å². The highest BCUT2D eigenvalue weighted by molar-refractivity contribution is 5.92. The second-order valence-corrected chi connectivity index (χ2v) is 6.13. The normalized spacial score (nSPS) is 12.1. The Morgan fingerprint density at radius 1 is 1.19 bits per heavy atom. The maximum absolute atomic E-state index is 12.6. The molecular formula is C21H22N4O2. The topological polar surface area (TPSA) is 60.2 Å². The predicted octanol–water partition coefficient (Wildman–Crippen LogP) is 3.51. The second kappa shape index (κ2) is 8.31. The molecule has 1 heterocycles. The Hall–Kier alpha value is -3.41. The summed E-state index contributed by atoms with van der Waals surface area (Å²) in [5.74, 6) is 0.662. The second-order valence-electron chi connectivity index (χ2n) is 6.13. The Morgan fingerprint density at radius 2 is 1.93 bits per heavy atom. The third kappa shape index (κ3) is 4.23. The van der Waals surface area contributed by atoms with Gasteiger partial charge in [-0.2, -0.15) is 5.10 Å². The molecule has 2 aromatic carbocycles. The Bertz CT molecular complexity index is 918. The van der Waals surface area contributed by atoms with E-state index in [0.717, 1.165) is 22.6 Å². The van der Waals surface area contributed by atoms with Gasteiger partial charge in [0.05, 0.1) is 18.8 Å². The third-order valence-corrected chi connectivity index (χ3v) is 4.53. The molecule has 3 aromatic rings. The molecule has 6 heteroatoms. The van der Waals surface area contributed by atoms with E-state index < -0.39 is 0 Å². The van der Waals surface area contributed by atoms with Gasteiger partial charge in [0.25, 0.3) is 0 Å². The van der Waals surface area contributed by atoms with Gasteiger partial charge in [-0.15, -0.1) is 0 Å². The van der Waals surface area contributed by atoms with Crippen molar-refractivity contribution in [2.24, 2.45) is 0 Å². The van der Waals surface area contributed by atoms with Crippen molar-refractivity contribution in [1.82, 2.24) is 19.7 Å². The van der Waals surface area contributed by atoms with Gasteiger partial charge < -0.3 is 9.64 Å². The molecule has 27 heavy (non-hydrogen) atoms. The highest BCUT2D eigenvalue weighted by Gasteiger charge is 2.15. The van der Waals surface area contributed by atoms with E-state index in [1.807, 2.05) is 55.5 Å². The number of likely N-dealkylation sites (N-methyl/N-ethyl adjacent to an activating group) is 1. The summed E-state index contributed by atoms with van der Waals surface area (Å²) in [6.45, 7) is 2.00. The van der Waals surface area contributed by atoms with Crippen LogP contribution < -0.4 is 4.74 Å². The number of carbonyl (C=O) groups excluding carboxylic acids is 1. The maximum atomic E-state index is 12.6. The third-order valence-electron chi connectivity index (χ3n) is 4.53. The average Bonchev–Trinajstić information content (AvgIpc) is 3.26. The Balaban J connectivity index is 1.70. The zero-order valence-corrected chi connectivity index (χ0v) is 15.6. The Kier molecular flexibility index (Phi) is 5.66. The first-order valence-corrected chi connectivity index (χ1v) is 8.63. The van der Waals surface area contributed by atoms with Gasteiger partial charge in [0.1, 0.15) is 18.4 Å². The molecule has 0 bridgehead atoms. The number of nitrogens with zero attached hydrogens (tertiary/aromatic N) is 4. The predicted molar refractivity (Wildman–Crippen MR) is 105 cm³/mol. The minimum atomic E-state index is -0.0752. The lowest BCUT2D eigenvalue weighted by atomic mass is 10.1. The summed E-state index contributed by atoms with van der Waals surface area (Å²) < 4.78 is 7.00. The minimum absolute atomic E-state index is 0.0652. The summed E-state index contributed by atoms with van der Waals surface area (Å²) in [5, 5.41) is 4.11. The van der Waals surface area contributed by atoms with E-state index >= 15 is 0 Å². The molecule has 1 aromatic heterocycles. The van der Waals surface area contributed by atoms with Crippen molar-refractivity contribution in [1.29, 1.82) is 0 Å². The van der Waals surface area contributed by atoms with E-state index in [2.05, 4.69) is 10.1 Å². The molecule has 1 amide bonds. The Morgan fingerprint density at radius 3 is 2.59 bits per heavy atom. The van der Waals surface area contributed by atoms with E-state index in [1.165, 1.54) is 6.33 Å². The average molecular weight is 362 g/mol. The molecule has 0 saturated carbocycles. The molecule has 6 nitrogen and oxygen atoms in total. The molecule has 0 radical (unpaired) electrons. The monoisotopic (exact) mass is 362 g/mol. The largest absolute Gasteiger partial charge is 0.496 e. The molecule has 0 saturated heterocycles. The van der Waals surface area contributed by atoms with Crippen LogP contribution in [0.2, 0.25) is 0 Å². The molecule has 0 N–H and O–H groups in total. The van der Waals surface area contributed by atoms with Gasteiger partial charge in [-0.05, 0) is 36.8 Å². The van der Waals surface area contributed by atoms with Crippen molar-refractivity contribution in [3.8, 4) is 11.4 Å². The van der Waals surface area contributed by atoms with Crippen LogP contribution in [0.4, 0.5) is 0 Å². The lowest BCUT2D eigenvalue weighted by Crippen LogP contribution is -2.28. The zero-order valence-electron chi connectivity index (χ0n) is 15.6. The van der Waals surface area contributed by atoms with Crippen LogP contribution in [-0.2, 0) is 4.79 Å². The van der Waals surface area contributed by atoms with Gasteiger partial charge in [0.15, 0.2) is 0 Å². The number of para-hydroxylation sites is 1. The number of benzene rings is 2. The zero-order chi connectivity index (χ0) is 19.2. The van der Waals surface area contributed by atoms with Crippen LogP contribution in [0.1, 0.15) is 24.1 Å². The molecule has 0 aliphatic carbocycles. The van der Waals surface area contributed by atoms with Gasteiger partial charge in [-0.25, -0.2) is 9.67 Å². The number of hydrogen-bond donors (Lipinski definition) is 0. The summed E-state index contributed by atoms with van der Waals surface area (Å²) in [6, 6.07) is 15.4. The molecular weight excluding hydrogens is 340 g/mol. The molecule has 0 unspecified atom stereocenters. The highest BCUT2D eigenvalue weighted by atomic mass is 16.5. The number of hydrogen-bond acceptors (Lipinski definition) is 4. The van der Waals surface area contributed by atoms with Gasteiger partial charge in [-0.1, -0.05) is 30.3 Å². The molecule has 138 valence electrons. The van der Waals surface area contributed by atoms with Gasteiger partial charge in [0, 0.05) is 18.7 Å². The number of methoxy groups -OCH3 is 1. The lowest BCUT2D eigenvalue weighted by molar-refractivity contribution is -0.126. The SMILES string of the molecule is COc1ccccc1/C=C/C(=O)N(C)[C@@H](C)c1ccc(-n2cncn2)cc1. The standard InChI is InChI=1S/C21H22N4O2/c1-16(17-8-11-19(12-9-17)25-15-22-14-23-25)24(2)21(26)13-10-18-6-4-5-7-20(18)27-3/h4-16H,1-3H3/b13-10+/t16-/m0/s1. The summed E-state index contributed by atoms with van der Waals surface area (Å²) >= 11 is 0. The number of amides is 1. The Labute approximate surface area is 158 Å². The van der Waals surface area contributed by atoms with Crippen molar-refractivity contribution >= 4 is 12.0 Å². The summed E-state index contributed by atoms with van der Waals surface area (Å²) in [4.78, 5) is 18.2. The van der Waals surface area contributed by atoms with Crippen LogP contribution >= 0.6 is 0 Å². The quantitative estimate of drug-likeness (QED) is 0.630. The van der Waals surface area contributed by atoms with E-state index in [-0.39, 0.29) is 11.9 Å². The van der Waals surface area contributed by atoms with Crippen LogP contribution in [0.25, 0.3) is 11.8 Å². The maximum Gasteiger partial charge on any atom is 0.246 e. The van der Waals surface area contributed by atoms with Crippen LogP contribution in [-0.4, -0.2) is 39.7 Å². The number of rotatable bonds is 6. The van der Waals surface area contributed by atoms with Crippen molar-refractivity contribution in [3.63, 3.8) is 0 Å². The van der Waals surface area contributed by atoms with Crippen molar-refractivity contribution in [2.45, 2.75) is 13.0 Å². The van der Waals surface area contributed by atoms with Crippen LogP contribution in [0, 0.1) is 0 Å². The van der Waals surface area contributed by atoms with Gasteiger partial charge in [-0.3, -0.25) is 4.79 Å². The van der Waals surface area contributed by atoms with Crippen LogP contribution in [0.3, 0.4) is 0 Å². The first-order valence-electron chi connectivity index (χ1n) is 8.63. The van der Waals surface area contributed by atoms with E-state index in [1.54, 1.807) is 42.2 Å². The van der Waals surface area contributed by atoms with E-state index in [0.29, 0.717) is 0 Å². The number of carbonyl (C=O) groups is 1. The summed E-state index contributed by atoms with van der Waals surface area (Å²) in [5.41, 5.74) is 2.83. The van der Waals surface area contributed by atoms with Crippen molar-refractivity contribution < 1.29 is 9.53 Å². The summed E-state index contributed by atoms with van der Waals surface area (Å²) in [7, 11) is 3.41. The van der Waals surface area contributed by atoms with E-state index in [9.17, 15) is 4.79 Å². The summed E-state index contributed by atoms with van der Waals surface area (Å²) in [6.07, 6.45) is 6.49. The highest BCUT2D eigenvalue weighted by Crippen LogP contribution is 2.22. The van der Waals surface area contributed by atoms with Gasteiger partial charge >= 0.3 is 0 Å².